The minimum atomic E-state index is -0.430. The largest absolute Gasteiger partial charge is 0.350 e. The van der Waals surface area contributed by atoms with Crippen LogP contribution >= 0.6 is 11.8 Å². The molecule has 2 aromatic carbocycles. The van der Waals surface area contributed by atoms with Gasteiger partial charge in [0, 0.05) is 36.0 Å². The van der Waals surface area contributed by atoms with Gasteiger partial charge in [0.25, 0.3) is 17.2 Å². The Morgan fingerprint density at radius 3 is 2.59 bits per heavy atom. The Kier molecular flexibility index (Phi) is 7.29. The number of thioether (sulfide) groups is 1. The van der Waals surface area contributed by atoms with Crippen molar-refractivity contribution in [2.45, 2.75) is 51.2 Å². The summed E-state index contributed by atoms with van der Waals surface area (Å²) in [6.45, 7) is 8.29. The van der Waals surface area contributed by atoms with Crippen LogP contribution in [0.2, 0.25) is 0 Å². The summed E-state index contributed by atoms with van der Waals surface area (Å²) in [4.78, 5) is 40.9. The molecule has 168 valence electrons. The summed E-state index contributed by atoms with van der Waals surface area (Å²) in [5, 5.41) is 14.9. The van der Waals surface area contributed by atoms with Crippen molar-refractivity contribution < 1.29 is 9.72 Å². The van der Waals surface area contributed by atoms with Crippen LogP contribution in [-0.2, 0) is 12.3 Å². The Morgan fingerprint density at radius 1 is 1.19 bits per heavy atom. The minimum absolute atomic E-state index is 0.00811. The Morgan fingerprint density at radius 2 is 1.94 bits per heavy atom. The second-order valence-electron chi connectivity index (χ2n) is 8.28. The lowest BCUT2D eigenvalue weighted by molar-refractivity contribution is -0.384. The summed E-state index contributed by atoms with van der Waals surface area (Å²) in [5.74, 6) is 0.423. The normalized spacial score (nSPS) is 11.3. The molecule has 1 heterocycles. The molecule has 0 spiro atoms. The molecule has 0 aliphatic carbocycles. The van der Waals surface area contributed by atoms with Crippen LogP contribution in [0, 0.1) is 16.0 Å². The molecule has 3 aromatic rings. The third-order valence-electron chi connectivity index (χ3n) is 4.64. The number of nitro groups is 1. The summed E-state index contributed by atoms with van der Waals surface area (Å²) in [6, 6.07) is 11.3. The fourth-order valence-corrected chi connectivity index (χ4v) is 4.18. The van der Waals surface area contributed by atoms with E-state index in [1.165, 1.54) is 23.9 Å². The van der Waals surface area contributed by atoms with Crippen molar-refractivity contribution in [2.24, 2.45) is 5.92 Å². The molecular formula is C23H26N4O4S. The third-order valence-corrected chi connectivity index (χ3v) is 5.69. The van der Waals surface area contributed by atoms with Crippen LogP contribution in [0.15, 0.2) is 52.4 Å². The summed E-state index contributed by atoms with van der Waals surface area (Å²) < 4.78 is 1.64. The van der Waals surface area contributed by atoms with Gasteiger partial charge in [-0.2, -0.15) is 0 Å². The average Bonchev–Trinajstić information content (AvgIpc) is 2.73. The lowest BCUT2D eigenvalue weighted by atomic mass is 10.1. The van der Waals surface area contributed by atoms with Crippen LogP contribution in [0.3, 0.4) is 0 Å². The highest BCUT2D eigenvalue weighted by atomic mass is 32.2. The molecule has 32 heavy (non-hydrogen) atoms. The molecule has 0 bridgehead atoms. The van der Waals surface area contributed by atoms with Crippen LogP contribution in [0.25, 0.3) is 10.9 Å². The van der Waals surface area contributed by atoms with Gasteiger partial charge in [0.1, 0.15) is 0 Å². The first kappa shape index (κ1) is 23.5. The highest BCUT2D eigenvalue weighted by Crippen LogP contribution is 2.25. The molecule has 8 nitrogen and oxygen atoms in total. The van der Waals surface area contributed by atoms with E-state index in [2.05, 4.69) is 5.32 Å². The lowest BCUT2D eigenvalue weighted by Crippen LogP contribution is -2.30. The predicted molar refractivity (Wildman–Crippen MR) is 126 cm³/mol. The molecule has 0 saturated carbocycles. The second-order valence-corrected chi connectivity index (χ2v) is 9.22. The number of aromatic nitrogens is 2. The molecule has 0 unspecified atom stereocenters. The van der Waals surface area contributed by atoms with E-state index < -0.39 is 4.92 Å². The van der Waals surface area contributed by atoms with E-state index in [9.17, 15) is 19.7 Å². The number of non-ortho nitro benzene ring substituents is 1. The fraction of sp³-hybridized carbons (Fsp3) is 0.348. The zero-order valence-corrected chi connectivity index (χ0v) is 19.3. The van der Waals surface area contributed by atoms with Gasteiger partial charge in [-0.25, -0.2) is 4.98 Å². The van der Waals surface area contributed by atoms with Crippen molar-refractivity contribution in [3.8, 4) is 0 Å². The Balaban J connectivity index is 2.01. The summed E-state index contributed by atoms with van der Waals surface area (Å²) >= 11 is 1.35. The Bertz CT molecular complexity index is 1220. The van der Waals surface area contributed by atoms with Crippen molar-refractivity contribution in [1.82, 2.24) is 14.9 Å². The molecular weight excluding hydrogens is 428 g/mol. The molecule has 3 rings (SSSR count). The van der Waals surface area contributed by atoms with Gasteiger partial charge in [-0.1, -0.05) is 37.7 Å². The molecule has 1 N–H and O–H groups in total. The molecule has 0 fully saturated rings. The van der Waals surface area contributed by atoms with Gasteiger partial charge in [0.05, 0.1) is 15.8 Å². The number of carbonyl (C=O) groups is 1. The van der Waals surface area contributed by atoms with Gasteiger partial charge in [0.15, 0.2) is 5.16 Å². The second kappa shape index (κ2) is 9.95. The number of nitrogens with zero attached hydrogens (tertiary/aromatic N) is 3. The number of hydrogen-bond donors (Lipinski definition) is 1. The van der Waals surface area contributed by atoms with E-state index in [0.717, 1.165) is 5.56 Å². The van der Waals surface area contributed by atoms with Crippen molar-refractivity contribution in [3.05, 3.63) is 74.1 Å². The van der Waals surface area contributed by atoms with Gasteiger partial charge >= 0.3 is 0 Å². The maximum atomic E-state index is 13.2. The zero-order valence-electron chi connectivity index (χ0n) is 18.5. The van der Waals surface area contributed by atoms with Crippen LogP contribution < -0.4 is 10.9 Å². The van der Waals surface area contributed by atoms with Gasteiger partial charge in [-0.05, 0) is 43.5 Å². The maximum Gasteiger partial charge on any atom is 0.269 e. The van der Waals surface area contributed by atoms with E-state index in [1.54, 1.807) is 34.9 Å². The first-order valence-electron chi connectivity index (χ1n) is 10.4. The number of nitrogens with one attached hydrogen (secondary N) is 1. The highest BCUT2D eigenvalue weighted by Gasteiger charge is 2.16. The predicted octanol–water partition coefficient (Wildman–Crippen LogP) is 4.39. The number of nitro benzene ring substituents is 1. The van der Waals surface area contributed by atoms with E-state index in [1.807, 2.05) is 27.7 Å². The molecule has 0 aliphatic rings. The van der Waals surface area contributed by atoms with Gasteiger partial charge in [-0.15, -0.1) is 0 Å². The van der Waals surface area contributed by atoms with Crippen molar-refractivity contribution in [1.29, 1.82) is 0 Å². The minimum Gasteiger partial charge on any atom is -0.350 e. The van der Waals surface area contributed by atoms with Crippen molar-refractivity contribution in [2.75, 3.05) is 0 Å². The topological polar surface area (TPSA) is 107 Å². The highest BCUT2D eigenvalue weighted by molar-refractivity contribution is 7.98. The maximum absolute atomic E-state index is 13.2. The number of benzene rings is 2. The first-order chi connectivity index (χ1) is 15.2. The van der Waals surface area contributed by atoms with Crippen molar-refractivity contribution >= 4 is 34.3 Å². The zero-order chi connectivity index (χ0) is 23.4. The van der Waals surface area contributed by atoms with Crippen LogP contribution in [0.5, 0.6) is 0 Å². The quantitative estimate of drug-likeness (QED) is 0.234. The number of carbonyl (C=O) groups excluding carboxylic acids is 1. The molecule has 0 radical (unpaired) electrons. The molecule has 0 atom stereocenters. The summed E-state index contributed by atoms with van der Waals surface area (Å²) in [6.07, 6.45) is 0. The molecule has 1 amide bonds. The van der Waals surface area contributed by atoms with E-state index in [4.69, 9.17) is 4.98 Å². The smallest absolute Gasteiger partial charge is 0.269 e. The van der Waals surface area contributed by atoms with Gasteiger partial charge < -0.3 is 5.32 Å². The standard InChI is InChI=1S/C23H26N4O4S/c1-14(2)12-26-22(29)19-9-8-17(21(28)24-15(3)4)11-20(19)25-23(26)32-13-16-6-5-7-18(10-16)27(30)31/h5-11,14-15H,12-13H2,1-4H3,(H,24,28). The number of rotatable bonds is 8. The summed E-state index contributed by atoms with van der Waals surface area (Å²) in [7, 11) is 0. The number of fused-ring (bicyclic) bond motifs is 1. The summed E-state index contributed by atoms with van der Waals surface area (Å²) in [5.41, 5.74) is 1.51. The first-order valence-corrected chi connectivity index (χ1v) is 11.4. The number of hydrogen-bond acceptors (Lipinski definition) is 6. The van der Waals surface area contributed by atoms with Gasteiger partial charge in [-0.3, -0.25) is 24.3 Å². The van der Waals surface area contributed by atoms with E-state index in [-0.39, 0.29) is 29.1 Å². The molecule has 9 heteroatoms. The molecule has 0 aliphatic heterocycles. The van der Waals surface area contributed by atoms with E-state index >= 15 is 0 Å². The molecule has 0 saturated heterocycles. The van der Waals surface area contributed by atoms with Crippen LogP contribution in [-0.4, -0.2) is 26.4 Å². The Labute approximate surface area is 190 Å². The SMILES string of the molecule is CC(C)Cn1c(SCc2cccc([N+](=O)[O-])c2)nc2cc(C(=O)NC(C)C)ccc2c1=O. The third kappa shape index (κ3) is 5.53. The van der Waals surface area contributed by atoms with Crippen LogP contribution in [0.4, 0.5) is 5.69 Å². The average molecular weight is 455 g/mol. The Hall–Kier alpha value is -3.20. The van der Waals surface area contributed by atoms with Crippen molar-refractivity contribution in [3.63, 3.8) is 0 Å². The van der Waals surface area contributed by atoms with Gasteiger partial charge in [0.2, 0.25) is 0 Å². The monoisotopic (exact) mass is 454 g/mol. The number of amides is 1. The van der Waals surface area contributed by atoms with E-state index in [0.29, 0.717) is 33.9 Å². The lowest BCUT2D eigenvalue weighted by Gasteiger charge is -2.15. The van der Waals surface area contributed by atoms with Crippen LogP contribution in [0.1, 0.15) is 43.6 Å². The molecule has 1 aromatic heterocycles. The fourth-order valence-electron chi connectivity index (χ4n) is 3.23.